The fourth-order valence-electron chi connectivity index (χ4n) is 4.05. The van der Waals surface area contributed by atoms with Crippen LogP contribution in [0.1, 0.15) is 63.2 Å². The Morgan fingerprint density at radius 2 is 1.96 bits per heavy atom. The average Bonchev–Trinajstić information content (AvgIpc) is 3.34. The molecule has 1 aliphatic carbocycles. The molecule has 1 saturated heterocycles. The van der Waals surface area contributed by atoms with E-state index in [2.05, 4.69) is 10.2 Å². The van der Waals surface area contributed by atoms with Gasteiger partial charge < -0.3 is 9.32 Å². The van der Waals surface area contributed by atoms with Crippen LogP contribution in [0.15, 0.2) is 21.2 Å². The maximum atomic E-state index is 12.5. The van der Waals surface area contributed by atoms with Gasteiger partial charge >= 0.3 is 0 Å². The van der Waals surface area contributed by atoms with E-state index in [0.29, 0.717) is 17.7 Å². The molecule has 0 aromatic carbocycles. The summed E-state index contributed by atoms with van der Waals surface area (Å²) in [6, 6.07) is 1.99. The van der Waals surface area contributed by atoms with Crippen molar-refractivity contribution in [3.63, 3.8) is 0 Å². The second kappa shape index (κ2) is 7.68. The van der Waals surface area contributed by atoms with E-state index in [9.17, 15) is 4.79 Å². The second-order valence-electron chi connectivity index (χ2n) is 7.32. The first-order valence-corrected chi connectivity index (χ1v) is 10.4. The second-order valence-corrected chi connectivity index (χ2v) is 8.10. The minimum atomic E-state index is 0.276. The van der Waals surface area contributed by atoms with E-state index in [4.69, 9.17) is 4.42 Å². The van der Waals surface area contributed by atoms with Gasteiger partial charge in [-0.15, -0.1) is 10.2 Å². The molecular formula is C19H25N3O2S. The monoisotopic (exact) mass is 359 g/mol. The summed E-state index contributed by atoms with van der Waals surface area (Å²) in [5.41, 5.74) is 0.990. The molecule has 1 saturated carbocycles. The van der Waals surface area contributed by atoms with Crippen molar-refractivity contribution in [3.8, 4) is 11.5 Å². The van der Waals surface area contributed by atoms with Crippen LogP contribution >= 0.6 is 11.3 Å². The van der Waals surface area contributed by atoms with Crippen molar-refractivity contribution >= 4 is 17.2 Å². The Kier molecular flexibility index (Phi) is 5.15. The number of piperidine rings is 1. The highest BCUT2D eigenvalue weighted by Gasteiger charge is 2.28. The van der Waals surface area contributed by atoms with Crippen molar-refractivity contribution in [2.75, 3.05) is 13.1 Å². The zero-order valence-corrected chi connectivity index (χ0v) is 15.3. The molecule has 2 aromatic heterocycles. The summed E-state index contributed by atoms with van der Waals surface area (Å²) in [5.74, 6) is 2.56. The summed E-state index contributed by atoms with van der Waals surface area (Å²) < 4.78 is 5.87. The van der Waals surface area contributed by atoms with Crippen LogP contribution in [0.25, 0.3) is 11.5 Å². The summed E-state index contributed by atoms with van der Waals surface area (Å²) in [6.07, 6.45) is 8.98. The van der Waals surface area contributed by atoms with Crippen LogP contribution in [0, 0.1) is 5.92 Å². The van der Waals surface area contributed by atoms with Crippen molar-refractivity contribution in [2.45, 2.75) is 57.3 Å². The van der Waals surface area contributed by atoms with Gasteiger partial charge in [0.1, 0.15) is 0 Å². The van der Waals surface area contributed by atoms with Gasteiger partial charge in [-0.25, -0.2) is 0 Å². The molecule has 0 spiro atoms. The predicted molar refractivity (Wildman–Crippen MR) is 97.4 cm³/mol. The maximum Gasteiger partial charge on any atom is 0.248 e. The molecule has 1 amide bonds. The lowest BCUT2D eigenvalue weighted by atomic mass is 9.86. The number of likely N-dealkylation sites (tertiary alicyclic amines) is 1. The molecule has 25 heavy (non-hydrogen) atoms. The Morgan fingerprint density at radius 3 is 2.68 bits per heavy atom. The number of rotatable bonds is 4. The Bertz CT molecular complexity index is 683. The van der Waals surface area contributed by atoms with E-state index >= 15 is 0 Å². The molecule has 0 N–H and O–H groups in total. The minimum absolute atomic E-state index is 0.276. The smallest absolute Gasteiger partial charge is 0.248 e. The lowest BCUT2D eigenvalue weighted by Crippen LogP contribution is -2.38. The molecule has 2 aliphatic rings. The fourth-order valence-corrected chi connectivity index (χ4v) is 4.68. The number of aromatic nitrogens is 2. The minimum Gasteiger partial charge on any atom is -0.420 e. The number of thiophene rings is 1. The standard InChI is InChI=1S/C19H25N3O2S/c23-17(12-14-4-2-1-3-5-14)22-9-6-15(7-10-22)18-20-21-19(24-18)16-8-11-25-13-16/h8,11,13-15H,1-7,9-10,12H2. The lowest BCUT2D eigenvalue weighted by Gasteiger charge is -2.32. The summed E-state index contributed by atoms with van der Waals surface area (Å²) in [5, 5.41) is 12.4. The predicted octanol–water partition coefficient (Wildman–Crippen LogP) is 4.47. The summed E-state index contributed by atoms with van der Waals surface area (Å²) in [6.45, 7) is 1.62. The first kappa shape index (κ1) is 16.8. The number of amides is 1. The molecule has 5 nitrogen and oxygen atoms in total. The van der Waals surface area contributed by atoms with Gasteiger partial charge in [-0.05, 0) is 43.0 Å². The average molecular weight is 359 g/mol. The SMILES string of the molecule is O=C(CC1CCCCC1)N1CCC(c2nnc(-c3ccsc3)o2)CC1. The fraction of sp³-hybridized carbons (Fsp3) is 0.632. The molecule has 134 valence electrons. The van der Waals surface area contributed by atoms with Crippen LogP contribution < -0.4 is 0 Å². The molecule has 0 atom stereocenters. The van der Waals surface area contributed by atoms with Crippen molar-refractivity contribution in [1.29, 1.82) is 0 Å². The molecule has 2 fully saturated rings. The van der Waals surface area contributed by atoms with Gasteiger partial charge in [0, 0.05) is 36.4 Å². The van der Waals surface area contributed by atoms with Crippen LogP contribution in [0.3, 0.4) is 0 Å². The van der Waals surface area contributed by atoms with Gasteiger partial charge in [0.2, 0.25) is 17.7 Å². The van der Waals surface area contributed by atoms with E-state index in [1.165, 1.54) is 32.1 Å². The number of hydrogen-bond donors (Lipinski definition) is 0. The number of nitrogens with zero attached hydrogens (tertiary/aromatic N) is 3. The van der Waals surface area contributed by atoms with Crippen molar-refractivity contribution in [2.24, 2.45) is 5.92 Å². The third kappa shape index (κ3) is 3.94. The van der Waals surface area contributed by atoms with Gasteiger partial charge in [-0.3, -0.25) is 4.79 Å². The summed E-state index contributed by atoms with van der Waals surface area (Å²) >= 11 is 1.62. The van der Waals surface area contributed by atoms with Crippen LogP contribution in [0.4, 0.5) is 0 Å². The molecule has 4 rings (SSSR count). The quantitative estimate of drug-likeness (QED) is 0.808. The molecule has 1 aliphatic heterocycles. The highest BCUT2D eigenvalue weighted by Crippen LogP contribution is 2.31. The van der Waals surface area contributed by atoms with Crippen LogP contribution in [0.2, 0.25) is 0 Å². The van der Waals surface area contributed by atoms with Gasteiger partial charge in [0.15, 0.2) is 0 Å². The summed E-state index contributed by atoms with van der Waals surface area (Å²) in [4.78, 5) is 14.6. The van der Waals surface area contributed by atoms with Crippen molar-refractivity contribution in [1.82, 2.24) is 15.1 Å². The normalized spacial score (nSPS) is 20.1. The van der Waals surface area contributed by atoms with E-state index in [0.717, 1.165) is 43.8 Å². The Balaban J connectivity index is 1.30. The first-order valence-electron chi connectivity index (χ1n) is 9.43. The zero-order chi connectivity index (χ0) is 17.1. The topological polar surface area (TPSA) is 59.2 Å². The van der Waals surface area contributed by atoms with Crippen molar-refractivity contribution in [3.05, 3.63) is 22.7 Å². The van der Waals surface area contributed by atoms with Crippen LogP contribution in [-0.2, 0) is 4.79 Å². The van der Waals surface area contributed by atoms with E-state index in [1.807, 2.05) is 21.7 Å². The third-order valence-electron chi connectivity index (χ3n) is 5.59. The molecule has 6 heteroatoms. The molecular weight excluding hydrogens is 334 g/mol. The van der Waals surface area contributed by atoms with Gasteiger partial charge in [0.05, 0.1) is 0 Å². The van der Waals surface area contributed by atoms with Crippen LogP contribution in [0.5, 0.6) is 0 Å². The van der Waals surface area contributed by atoms with Crippen molar-refractivity contribution < 1.29 is 9.21 Å². The van der Waals surface area contributed by atoms with E-state index in [1.54, 1.807) is 11.3 Å². The number of carbonyl (C=O) groups is 1. The first-order chi connectivity index (χ1) is 12.3. The molecule has 2 aromatic rings. The lowest BCUT2D eigenvalue weighted by molar-refractivity contribution is -0.133. The largest absolute Gasteiger partial charge is 0.420 e. The molecule has 0 unspecified atom stereocenters. The third-order valence-corrected chi connectivity index (χ3v) is 6.28. The van der Waals surface area contributed by atoms with E-state index < -0.39 is 0 Å². The molecule has 0 radical (unpaired) electrons. The van der Waals surface area contributed by atoms with Gasteiger partial charge in [-0.2, -0.15) is 11.3 Å². The Morgan fingerprint density at radius 1 is 1.16 bits per heavy atom. The summed E-state index contributed by atoms with van der Waals surface area (Å²) in [7, 11) is 0. The van der Waals surface area contributed by atoms with E-state index in [-0.39, 0.29) is 5.92 Å². The highest BCUT2D eigenvalue weighted by atomic mass is 32.1. The number of carbonyl (C=O) groups excluding carboxylic acids is 1. The van der Waals surface area contributed by atoms with Crippen LogP contribution in [-0.4, -0.2) is 34.1 Å². The number of hydrogen-bond acceptors (Lipinski definition) is 5. The maximum absolute atomic E-state index is 12.5. The highest BCUT2D eigenvalue weighted by molar-refractivity contribution is 7.08. The Labute approximate surface area is 152 Å². The zero-order valence-electron chi connectivity index (χ0n) is 14.5. The Hall–Kier alpha value is -1.69. The molecule has 0 bridgehead atoms. The molecule has 3 heterocycles. The van der Waals surface area contributed by atoms with Gasteiger partial charge in [0.25, 0.3) is 0 Å². The van der Waals surface area contributed by atoms with Gasteiger partial charge in [-0.1, -0.05) is 19.3 Å².